The standard InChI is InChI=1S/C27H27F3N6O.2ClH/c1-37-24-13-12-22(36-26(27(28,29)30)32-33-34-36)16-21(24)17-35-15-14-31-23(18-35)25(19-8-4-2-5-9-19)20-10-6-3-7-11-20;;/h2-13,16,23,25,31H,14-15,17-18H2,1H3;2*1H/t23-;;/m1../s1. The Bertz CT molecular complexity index is 1280. The molecule has 1 aliphatic heterocycles. The lowest BCUT2D eigenvalue weighted by molar-refractivity contribution is -0.146. The fourth-order valence-electron chi connectivity index (χ4n) is 4.99. The summed E-state index contributed by atoms with van der Waals surface area (Å²) >= 11 is 0. The highest BCUT2D eigenvalue weighted by molar-refractivity contribution is 5.85. The molecule has 1 saturated heterocycles. The normalized spacial score (nSPS) is 15.9. The van der Waals surface area contributed by atoms with Crippen molar-refractivity contribution in [2.24, 2.45) is 0 Å². The lowest BCUT2D eigenvalue weighted by atomic mass is 9.84. The number of hydrogen-bond donors (Lipinski definition) is 1. The summed E-state index contributed by atoms with van der Waals surface area (Å²) in [6.07, 6.45) is -4.67. The highest BCUT2D eigenvalue weighted by atomic mass is 35.5. The van der Waals surface area contributed by atoms with Crippen LogP contribution in [0, 0.1) is 0 Å². The Morgan fingerprint density at radius 1 is 0.974 bits per heavy atom. The van der Waals surface area contributed by atoms with E-state index in [9.17, 15) is 13.2 Å². The molecule has 1 fully saturated rings. The third-order valence-corrected chi connectivity index (χ3v) is 6.63. The molecule has 0 saturated carbocycles. The van der Waals surface area contributed by atoms with Gasteiger partial charge >= 0.3 is 6.18 Å². The van der Waals surface area contributed by atoms with E-state index in [1.165, 1.54) is 17.2 Å². The number of nitrogens with zero attached hydrogens (tertiary/aromatic N) is 5. The molecule has 0 amide bonds. The van der Waals surface area contributed by atoms with Crippen molar-refractivity contribution in [3.8, 4) is 11.4 Å². The number of aromatic nitrogens is 4. The maximum absolute atomic E-state index is 13.4. The summed E-state index contributed by atoms with van der Waals surface area (Å²) in [6.45, 7) is 2.84. The van der Waals surface area contributed by atoms with Crippen molar-refractivity contribution < 1.29 is 17.9 Å². The molecule has 208 valence electrons. The van der Waals surface area contributed by atoms with E-state index in [-0.39, 0.29) is 42.5 Å². The van der Waals surface area contributed by atoms with Crippen LogP contribution in [0.1, 0.15) is 28.4 Å². The van der Waals surface area contributed by atoms with E-state index in [0.717, 1.165) is 25.2 Å². The molecule has 12 heteroatoms. The largest absolute Gasteiger partial charge is 0.496 e. The SMILES string of the molecule is COc1ccc(-n2nnnc2C(F)(F)F)cc1CN1CCN[C@@H](C(c2ccccc2)c2ccccc2)C1.Cl.Cl. The summed E-state index contributed by atoms with van der Waals surface area (Å²) in [4.78, 5) is 2.30. The zero-order valence-electron chi connectivity index (χ0n) is 21.1. The molecule has 1 atom stereocenters. The van der Waals surface area contributed by atoms with Gasteiger partial charge in [-0.2, -0.15) is 17.9 Å². The topological polar surface area (TPSA) is 68.1 Å². The summed E-state index contributed by atoms with van der Waals surface area (Å²) in [6, 6.07) is 25.8. The van der Waals surface area contributed by atoms with E-state index in [0.29, 0.717) is 17.0 Å². The highest BCUT2D eigenvalue weighted by Gasteiger charge is 2.38. The highest BCUT2D eigenvalue weighted by Crippen LogP contribution is 2.32. The Morgan fingerprint density at radius 3 is 2.21 bits per heavy atom. The summed E-state index contributed by atoms with van der Waals surface area (Å²) in [5, 5.41) is 13.7. The van der Waals surface area contributed by atoms with Crippen LogP contribution in [0.25, 0.3) is 5.69 Å². The molecule has 1 aromatic heterocycles. The van der Waals surface area contributed by atoms with Crippen LogP contribution in [0.2, 0.25) is 0 Å². The molecule has 7 nitrogen and oxygen atoms in total. The lowest BCUT2D eigenvalue weighted by Crippen LogP contribution is -2.52. The molecule has 0 radical (unpaired) electrons. The molecule has 39 heavy (non-hydrogen) atoms. The van der Waals surface area contributed by atoms with Gasteiger partial charge in [-0.1, -0.05) is 60.7 Å². The second-order valence-corrected chi connectivity index (χ2v) is 9.00. The van der Waals surface area contributed by atoms with E-state index >= 15 is 0 Å². The van der Waals surface area contributed by atoms with Crippen molar-refractivity contribution in [3.63, 3.8) is 0 Å². The van der Waals surface area contributed by atoms with Gasteiger partial charge in [-0.3, -0.25) is 4.90 Å². The van der Waals surface area contributed by atoms with Gasteiger partial charge in [0.2, 0.25) is 0 Å². The van der Waals surface area contributed by atoms with Crippen LogP contribution < -0.4 is 10.1 Å². The number of methoxy groups -OCH3 is 1. The number of hydrogen-bond acceptors (Lipinski definition) is 6. The smallest absolute Gasteiger partial charge is 0.453 e. The molecular weight excluding hydrogens is 552 g/mol. The monoisotopic (exact) mass is 580 g/mol. The molecule has 2 heterocycles. The minimum absolute atomic E-state index is 0. The van der Waals surface area contributed by atoms with Gasteiger partial charge < -0.3 is 10.1 Å². The Kier molecular flexibility index (Phi) is 10.3. The molecule has 0 aliphatic carbocycles. The average Bonchev–Trinajstić information content (AvgIpc) is 3.42. The number of tetrazole rings is 1. The summed E-state index contributed by atoms with van der Waals surface area (Å²) in [5.74, 6) is -0.420. The number of alkyl halides is 3. The predicted octanol–water partition coefficient (Wildman–Crippen LogP) is 5.14. The summed E-state index contributed by atoms with van der Waals surface area (Å²) in [5.41, 5.74) is 3.45. The molecule has 1 aliphatic rings. The van der Waals surface area contributed by atoms with Crippen LogP contribution in [0.5, 0.6) is 5.75 Å². The molecule has 0 bridgehead atoms. The fourth-order valence-corrected chi connectivity index (χ4v) is 4.99. The van der Waals surface area contributed by atoms with Gasteiger partial charge in [0.05, 0.1) is 12.8 Å². The number of nitrogens with one attached hydrogen (secondary N) is 1. The molecule has 0 unspecified atom stereocenters. The van der Waals surface area contributed by atoms with Crippen LogP contribution in [-0.4, -0.2) is 57.9 Å². The van der Waals surface area contributed by atoms with Crippen LogP contribution in [0.15, 0.2) is 78.9 Å². The second kappa shape index (κ2) is 13.3. The zero-order valence-corrected chi connectivity index (χ0v) is 22.7. The first-order valence-electron chi connectivity index (χ1n) is 12.0. The second-order valence-electron chi connectivity index (χ2n) is 9.00. The lowest BCUT2D eigenvalue weighted by Gasteiger charge is -2.38. The van der Waals surface area contributed by atoms with E-state index < -0.39 is 12.0 Å². The van der Waals surface area contributed by atoms with Crippen molar-refractivity contribution in [2.75, 3.05) is 26.7 Å². The maximum Gasteiger partial charge on any atom is 0.453 e. The van der Waals surface area contributed by atoms with Gasteiger partial charge in [-0.05, 0) is 39.8 Å². The quantitative estimate of drug-likeness (QED) is 0.326. The van der Waals surface area contributed by atoms with Gasteiger partial charge in [0.25, 0.3) is 5.82 Å². The Labute approximate surface area is 237 Å². The first-order chi connectivity index (χ1) is 17.9. The molecule has 3 aromatic carbocycles. The summed E-state index contributed by atoms with van der Waals surface area (Å²) in [7, 11) is 1.55. The third kappa shape index (κ3) is 6.88. The first kappa shape index (κ1) is 30.4. The Hall–Kier alpha value is -3.18. The predicted molar refractivity (Wildman–Crippen MR) is 147 cm³/mol. The minimum Gasteiger partial charge on any atom is -0.496 e. The van der Waals surface area contributed by atoms with Gasteiger partial charge in [-0.15, -0.1) is 29.9 Å². The molecule has 0 spiro atoms. The van der Waals surface area contributed by atoms with Gasteiger partial charge in [0.15, 0.2) is 0 Å². The molecular formula is C27H29Cl2F3N6O. The molecule has 5 rings (SSSR count). The van der Waals surface area contributed by atoms with Crippen LogP contribution in [0.4, 0.5) is 13.2 Å². The van der Waals surface area contributed by atoms with E-state index in [1.807, 2.05) is 12.1 Å². The van der Waals surface area contributed by atoms with Crippen molar-refractivity contribution in [1.29, 1.82) is 0 Å². The molecule has 4 aromatic rings. The van der Waals surface area contributed by atoms with Crippen LogP contribution >= 0.6 is 24.8 Å². The van der Waals surface area contributed by atoms with Gasteiger partial charge in [-0.25, -0.2) is 0 Å². The first-order valence-corrected chi connectivity index (χ1v) is 12.0. The van der Waals surface area contributed by atoms with Crippen LogP contribution in [0.3, 0.4) is 0 Å². The van der Waals surface area contributed by atoms with E-state index in [4.69, 9.17) is 4.74 Å². The van der Waals surface area contributed by atoms with Gasteiger partial charge in [0.1, 0.15) is 5.75 Å². The van der Waals surface area contributed by atoms with E-state index in [2.05, 4.69) is 74.3 Å². The van der Waals surface area contributed by atoms with Crippen molar-refractivity contribution >= 4 is 24.8 Å². The fraction of sp³-hybridized carbons (Fsp3) is 0.296. The number of halogens is 5. The number of benzene rings is 3. The van der Waals surface area contributed by atoms with Crippen molar-refractivity contribution in [2.45, 2.75) is 24.7 Å². The number of rotatable bonds is 7. The van der Waals surface area contributed by atoms with Gasteiger partial charge in [0, 0.05) is 43.7 Å². The molecule has 1 N–H and O–H groups in total. The third-order valence-electron chi connectivity index (χ3n) is 6.63. The van der Waals surface area contributed by atoms with Crippen LogP contribution in [-0.2, 0) is 12.7 Å². The van der Waals surface area contributed by atoms with Crippen molar-refractivity contribution in [1.82, 2.24) is 30.4 Å². The van der Waals surface area contributed by atoms with E-state index in [1.54, 1.807) is 19.2 Å². The number of piperazine rings is 1. The number of ether oxygens (including phenoxy) is 1. The Morgan fingerprint density at radius 2 is 1.62 bits per heavy atom. The maximum atomic E-state index is 13.4. The zero-order chi connectivity index (χ0) is 25.8. The summed E-state index contributed by atoms with van der Waals surface area (Å²) < 4.78 is 46.4. The minimum atomic E-state index is -4.67. The Balaban J connectivity index is 0.00000210. The average molecular weight is 581 g/mol. The van der Waals surface area contributed by atoms with Crippen molar-refractivity contribution in [3.05, 3.63) is 101 Å².